The summed E-state index contributed by atoms with van der Waals surface area (Å²) in [4.78, 5) is 24.3. The van der Waals surface area contributed by atoms with Crippen LogP contribution in [0.25, 0.3) is 0 Å². The second kappa shape index (κ2) is 8.62. The first-order valence-corrected chi connectivity index (χ1v) is 9.69. The van der Waals surface area contributed by atoms with Crippen LogP contribution in [0.5, 0.6) is 0 Å². The number of amidine groups is 1. The lowest BCUT2D eigenvalue weighted by atomic mass is 10.1. The first-order valence-electron chi connectivity index (χ1n) is 7.64. The molecule has 1 saturated heterocycles. The van der Waals surface area contributed by atoms with Crippen LogP contribution < -0.4 is 5.32 Å². The van der Waals surface area contributed by atoms with Crippen LogP contribution in [-0.4, -0.2) is 28.3 Å². The smallest absolute Gasteiger partial charge is 0.240 e. The molecule has 8 heteroatoms. The van der Waals surface area contributed by atoms with Crippen LogP contribution in [0.1, 0.15) is 22.3 Å². The molecule has 1 fully saturated rings. The van der Waals surface area contributed by atoms with Crippen molar-refractivity contribution in [3.63, 3.8) is 0 Å². The minimum absolute atomic E-state index is 0.0870. The van der Waals surface area contributed by atoms with E-state index in [4.69, 9.17) is 11.6 Å². The highest BCUT2D eigenvalue weighted by Gasteiger charge is 2.32. The molecular weight excluding hydrogens is 438 g/mol. The first kappa shape index (κ1) is 18.8. The van der Waals surface area contributed by atoms with Gasteiger partial charge in [-0.05, 0) is 29.8 Å². The van der Waals surface area contributed by atoms with Crippen molar-refractivity contribution in [2.75, 3.05) is 0 Å². The molecule has 1 unspecified atom stereocenters. The molecule has 3 rings (SSSR count). The Morgan fingerprint density at radius 2 is 1.88 bits per heavy atom. The molecule has 1 atom stereocenters. The fourth-order valence-electron chi connectivity index (χ4n) is 2.21. The number of hydrogen-bond donors (Lipinski definition) is 1. The van der Waals surface area contributed by atoms with E-state index in [9.17, 15) is 9.59 Å². The summed E-state index contributed by atoms with van der Waals surface area (Å²) in [6.45, 7) is 0. The number of thioether (sulfide) groups is 1. The van der Waals surface area contributed by atoms with Gasteiger partial charge in [-0.1, -0.05) is 63.6 Å². The van der Waals surface area contributed by atoms with Crippen molar-refractivity contribution in [2.24, 2.45) is 10.2 Å². The van der Waals surface area contributed by atoms with Crippen molar-refractivity contribution < 1.29 is 9.59 Å². The number of amides is 1. The standard InChI is InChI=1S/C18H13BrClN3O2S/c19-13-5-3-12(4-6-13)15(24)9-16-17(25)22-18(26-16)23-21-10-11-1-7-14(20)8-2-11/h1-8,10,16H,9H2,(H,22,23,25)/b21-10+. The Bertz CT molecular complexity index is 882. The molecule has 132 valence electrons. The number of benzene rings is 2. The fourth-order valence-corrected chi connectivity index (χ4v) is 3.52. The minimum Gasteiger partial charge on any atom is -0.303 e. The van der Waals surface area contributed by atoms with Crippen LogP contribution in [0.2, 0.25) is 5.02 Å². The number of rotatable bonds is 5. The molecule has 1 aliphatic rings. The minimum atomic E-state index is -0.504. The van der Waals surface area contributed by atoms with Gasteiger partial charge in [-0.2, -0.15) is 5.10 Å². The predicted octanol–water partition coefficient (Wildman–Crippen LogP) is 4.30. The van der Waals surface area contributed by atoms with E-state index in [1.807, 2.05) is 12.1 Å². The van der Waals surface area contributed by atoms with Crippen LogP contribution in [0.4, 0.5) is 0 Å². The van der Waals surface area contributed by atoms with Crippen LogP contribution in [-0.2, 0) is 4.79 Å². The summed E-state index contributed by atoms with van der Waals surface area (Å²) in [5.74, 6) is -0.322. The molecule has 0 aromatic heterocycles. The van der Waals surface area contributed by atoms with Crippen LogP contribution >= 0.6 is 39.3 Å². The maximum atomic E-state index is 12.3. The Labute approximate surface area is 168 Å². The van der Waals surface area contributed by atoms with Gasteiger partial charge >= 0.3 is 0 Å². The van der Waals surface area contributed by atoms with E-state index in [1.54, 1.807) is 42.6 Å². The highest BCUT2D eigenvalue weighted by atomic mass is 79.9. The van der Waals surface area contributed by atoms with E-state index >= 15 is 0 Å². The van der Waals surface area contributed by atoms with Crippen molar-refractivity contribution in [2.45, 2.75) is 11.7 Å². The van der Waals surface area contributed by atoms with Gasteiger partial charge in [0.25, 0.3) is 0 Å². The summed E-state index contributed by atoms with van der Waals surface area (Å²) in [6.07, 6.45) is 1.68. The van der Waals surface area contributed by atoms with Gasteiger partial charge in [0.15, 0.2) is 11.0 Å². The number of nitrogens with zero attached hydrogens (tertiary/aromatic N) is 2. The molecule has 0 aliphatic carbocycles. The van der Waals surface area contributed by atoms with E-state index in [2.05, 4.69) is 31.4 Å². The lowest BCUT2D eigenvalue weighted by Gasteiger charge is -2.04. The molecule has 0 radical (unpaired) electrons. The summed E-state index contributed by atoms with van der Waals surface area (Å²) in [7, 11) is 0. The number of Topliss-reactive ketones (excluding diaryl/α,β-unsaturated/α-hetero) is 1. The number of halogens is 2. The second-order valence-corrected chi connectivity index (χ2v) is 7.97. The van der Waals surface area contributed by atoms with Crippen molar-refractivity contribution >= 4 is 62.4 Å². The van der Waals surface area contributed by atoms with Gasteiger partial charge in [0.2, 0.25) is 5.91 Å². The van der Waals surface area contributed by atoms with E-state index in [-0.39, 0.29) is 18.1 Å². The lowest BCUT2D eigenvalue weighted by Crippen LogP contribution is -2.26. The third kappa shape index (κ3) is 5.03. The van der Waals surface area contributed by atoms with Gasteiger partial charge in [-0.15, -0.1) is 5.10 Å². The average Bonchev–Trinajstić information content (AvgIpc) is 2.97. The Morgan fingerprint density at radius 1 is 1.19 bits per heavy atom. The van der Waals surface area contributed by atoms with E-state index in [0.717, 1.165) is 10.0 Å². The number of hydrogen-bond acceptors (Lipinski definition) is 5. The Balaban J connectivity index is 1.60. The summed E-state index contributed by atoms with van der Waals surface area (Å²) < 4.78 is 0.898. The summed E-state index contributed by atoms with van der Waals surface area (Å²) in [6, 6.07) is 14.2. The quantitative estimate of drug-likeness (QED) is 0.419. The van der Waals surface area contributed by atoms with E-state index in [1.165, 1.54) is 11.8 Å². The molecule has 1 amide bonds. The SMILES string of the molecule is O=C(CC1S/C(=N/N=C/c2ccc(Cl)cc2)NC1=O)c1ccc(Br)cc1. The zero-order chi connectivity index (χ0) is 18.5. The number of carbonyl (C=O) groups excluding carboxylic acids is 2. The number of nitrogens with one attached hydrogen (secondary N) is 1. The normalized spacial score (nSPS) is 18.5. The van der Waals surface area contributed by atoms with E-state index in [0.29, 0.717) is 15.8 Å². The molecule has 2 aromatic carbocycles. The highest BCUT2D eigenvalue weighted by molar-refractivity contribution is 9.10. The summed E-state index contributed by atoms with van der Waals surface area (Å²) in [5, 5.41) is 11.1. The van der Waals surface area contributed by atoms with Crippen molar-refractivity contribution in [1.29, 1.82) is 0 Å². The van der Waals surface area contributed by atoms with Crippen molar-refractivity contribution in [3.05, 3.63) is 69.2 Å². The van der Waals surface area contributed by atoms with Gasteiger partial charge in [0.1, 0.15) is 0 Å². The third-order valence-electron chi connectivity index (χ3n) is 3.54. The molecule has 1 heterocycles. The molecular formula is C18H13BrClN3O2S. The molecule has 1 aliphatic heterocycles. The Hall–Kier alpha value is -1.96. The van der Waals surface area contributed by atoms with Crippen molar-refractivity contribution in [3.8, 4) is 0 Å². The van der Waals surface area contributed by atoms with Gasteiger partial charge in [0.05, 0.1) is 11.5 Å². The maximum absolute atomic E-state index is 12.3. The van der Waals surface area contributed by atoms with Gasteiger partial charge in [0, 0.05) is 21.5 Å². The molecule has 26 heavy (non-hydrogen) atoms. The summed E-state index contributed by atoms with van der Waals surface area (Å²) >= 11 is 10.4. The molecule has 0 bridgehead atoms. The van der Waals surface area contributed by atoms with Gasteiger partial charge in [-0.3, -0.25) is 9.59 Å². The summed E-state index contributed by atoms with van der Waals surface area (Å²) in [5.41, 5.74) is 1.42. The van der Waals surface area contributed by atoms with E-state index < -0.39 is 5.25 Å². The second-order valence-electron chi connectivity index (χ2n) is 5.43. The molecule has 1 N–H and O–H groups in total. The Kier molecular flexibility index (Phi) is 6.24. The molecule has 0 spiro atoms. The van der Waals surface area contributed by atoms with Crippen LogP contribution in [0.15, 0.2) is 63.2 Å². The maximum Gasteiger partial charge on any atom is 0.240 e. The molecule has 0 saturated carbocycles. The zero-order valence-electron chi connectivity index (χ0n) is 13.4. The molecule has 2 aromatic rings. The van der Waals surface area contributed by atoms with Crippen LogP contribution in [0.3, 0.4) is 0 Å². The predicted molar refractivity (Wildman–Crippen MR) is 109 cm³/mol. The van der Waals surface area contributed by atoms with Gasteiger partial charge in [-0.25, -0.2) is 0 Å². The first-order chi connectivity index (χ1) is 12.5. The molecule has 5 nitrogen and oxygen atoms in total. The zero-order valence-corrected chi connectivity index (χ0v) is 16.5. The average molecular weight is 451 g/mol. The van der Waals surface area contributed by atoms with Gasteiger partial charge < -0.3 is 5.32 Å². The third-order valence-corrected chi connectivity index (χ3v) is 5.39. The number of ketones is 1. The topological polar surface area (TPSA) is 70.9 Å². The largest absolute Gasteiger partial charge is 0.303 e. The van der Waals surface area contributed by atoms with Crippen molar-refractivity contribution in [1.82, 2.24) is 5.32 Å². The number of carbonyl (C=O) groups is 2. The monoisotopic (exact) mass is 449 g/mol. The fraction of sp³-hybridized carbons (Fsp3) is 0.111. The highest BCUT2D eigenvalue weighted by Crippen LogP contribution is 2.24. The van der Waals surface area contributed by atoms with Crippen LogP contribution in [0, 0.1) is 0 Å². The lowest BCUT2D eigenvalue weighted by molar-refractivity contribution is -0.118. The Morgan fingerprint density at radius 3 is 2.58 bits per heavy atom.